The average Bonchev–Trinajstić information content (AvgIpc) is 2.17. The van der Waals surface area contributed by atoms with E-state index in [-0.39, 0.29) is 0 Å². The van der Waals surface area contributed by atoms with Crippen molar-refractivity contribution in [2.75, 3.05) is 7.05 Å². The van der Waals surface area contributed by atoms with Crippen LogP contribution in [-0.4, -0.2) is 13.3 Å². The topological polar surface area (TPSA) is 12.4 Å². The van der Waals surface area contributed by atoms with E-state index in [0.29, 0.717) is 0 Å². The lowest BCUT2D eigenvalue weighted by Crippen LogP contribution is -1.88. The van der Waals surface area contributed by atoms with Gasteiger partial charge in [-0.25, -0.2) is 0 Å². The van der Waals surface area contributed by atoms with Crippen molar-refractivity contribution in [3.8, 4) is 0 Å². The second kappa shape index (κ2) is 7.99. The molecule has 0 aromatic rings. The van der Waals surface area contributed by atoms with E-state index in [1.54, 1.807) is 25.4 Å². The second-order valence-corrected chi connectivity index (χ2v) is 2.60. The molecule has 0 amide bonds. The summed E-state index contributed by atoms with van der Waals surface area (Å²) in [5, 5.41) is 0. The molecule has 0 aliphatic heterocycles. The summed E-state index contributed by atoms with van der Waals surface area (Å²) in [4.78, 5) is 3.99. The highest BCUT2D eigenvalue weighted by Gasteiger charge is 1.95. The molecular weight excluding hydrogens is 170 g/mol. The summed E-state index contributed by atoms with van der Waals surface area (Å²) in [7, 11) is 1.75. The summed E-state index contributed by atoms with van der Waals surface area (Å²) >= 11 is 0. The fourth-order valence-electron chi connectivity index (χ4n) is 1.03. The van der Waals surface area contributed by atoms with E-state index in [2.05, 4.69) is 18.2 Å². The Morgan fingerprint density at radius 1 is 1.07 bits per heavy atom. The van der Waals surface area contributed by atoms with E-state index < -0.39 is 0 Å². The van der Waals surface area contributed by atoms with Crippen LogP contribution in [0.1, 0.15) is 6.92 Å². The normalized spacial score (nSPS) is 13.9. The fourth-order valence-corrected chi connectivity index (χ4v) is 1.03. The first-order valence-electron chi connectivity index (χ1n) is 4.50. The first-order chi connectivity index (χ1) is 6.79. The van der Waals surface area contributed by atoms with Crippen LogP contribution < -0.4 is 0 Å². The van der Waals surface area contributed by atoms with Crippen LogP contribution in [0.5, 0.6) is 0 Å². The monoisotopic (exact) mass is 187 g/mol. The van der Waals surface area contributed by atoms with Gasteiger partial charge in [-0.1, -0.05) is 49.6 Å². The van der Waals surface area contributed by atoms with E-state index >= 15 is 0 Å². The molecule has 0 unspecified atom stereocenters. The van der Waals surface area contributed by atoms with Gasteiger partial charge in [0.05, 0.1) is 0 Å². The van der Waals surface area contributed by atoms with E-state index in [0.717, 1.165) is 11.1 Å². The maximum atomic E-state index is 3.99. The Morgan fingerprint density at radius 3 is 2.07 bits per heavy atom. The minimum absolute atomic E-state index is 1.03. The number of rotatable bonds is 5. The predicted molar refractivity (Wildman–Crippen MR) is 65.8 cm³/mol. The molecule has 0 aromatic carbocycles. The summed E-state index contributed by atoms with van der Waals surface area (Å²) in [5.74, 6) is 0. The molecule has 0 aliphatic rings. The highest BCUT2D eigenvalue weighted by atomic mass is 14.6. The maximum Gasteiger partial charge on any atom is 0.0287 e. The molecule has 0 saturated carbocycles. The lowest BCUT2D eigenvalue weighted by atomic mass is 10.1. The summed E-state index contributed by atoms with van der Waals surface area (Å²) in [5.41, 5.74) is 2.11. The highest BCUT2D eigenvalue weighted by molar-refractivity contribution is 5.86. The van der Waals surface area contributed by atoms with E-state index in [1.807, 2.05) is 31.2 Å². The predicted octanol–water partition coefficient (Wildman–Crippen LogP) is 3.49. The largest absolute Gasteiger partial charge is 0.296 e. The van der Waals surface area contributed by atoms with Crippen LogP contribution in [0.2, 0.25) is 0 Å². The summed E-state index contributed by atoms with van der Waals surface area (Å²) in [6.07, 6.45) is 13.2. The second-order valence-electron chi connectivity index (χ2n) is 2.60. The molecule has 0 atom stereocenters. The van der Waals surface area contributed by atoms with Crippen molar-refractivity contribution in [2.45, 2.75) is 6.92 Å². The average molecular weight is 187 g/mol. The van der Waals surface area contributed by atoms with Crippen LogP contribution in [0.15, 0.2) is 65.8 Å². The minimum atomic E-state index is 1.03. The third kappa shape index (κ3) is 4.41. The lowest BCUT2D eigenvalue weighted by molar-refractivity contribution is 1.45. The van der Waals surface area contributed by atoms with Gasteiger partial charge in [0.1, 0.15) is 0 Å². The van der Waals surface area contributed by atoms with Gasteiger partial charge in [-0.3, -0.25) is 4.99 Å². The molecule has 74 valence electrons. The fraction of sp³-hybridized carbons (Fsp3) is 0.154. The van der Waals surface area contributed by atoms with Crippen molar-refractivity contribution in [3.63, 3.8) is 0 Å². The van der Waals surface area contributed by atoms with Gasteiger partial charge in [-0.05, 0) is 18.1 Å². The quantitative estimate of drug-likeness (QED) is 0.461. The molecule has 0 spiro atoms. The molecular formula is C13H17N. The van der Waals surface area contributed by atoms with Gasteiger partial charge in [0.15, 0.2) is 0 Å². The van der Waals surface area contributed by atoms with E-state index in [9.17, 15) is 0 Å². The Morgan fingerprint density at radius 2 is 1.64 bits per heavy atom. The number of aliphatic imine (C=N–C) groups is 1. The van der Waals surface area contributed by atoms with Crippen molar-refractivity contribution in [3.05, 3.63) is 60.8 Å². The minimum Gasteiger partial charge on any atom is -0.296 e. The van der Waals surface area contributed by atoms with E-state index in [1.165, 1.54) is 0 Å². The number of allylic oxidation sites excluding steroid dienone is 8. The van der Waals surface area contributed by atoms with Crippen molar-refractivity contribution in [1.29, 1.82) is 0 Å². The summed E-state index contributed by atoms with van der Waals surface area (Å²) in [6, 6.07) is 0. The first-order valence-corrected chi connectivity index (χ1v) is 4.50. The van der Waals surface area contributed by atoms with Crippen molar-refractivity contribution >= 4 is 6.21 Å². The highest BCUT2D eigenvalue weighted by Crippen LogP contribution is 2.10. The molecule has 1 nitrogen and oxygen atoms in total. The molecule has 1 heteroatoms. The zero-order valence-corrected chi connectivity index (χ0v) is 8.90. The van der Waals surface area contributed by atoms with Crippen LogP contribution >= 0.6 is 0 Å². The number of nitrogens with zero attached hydrogens (tertiary/aromatic N) is 1. The third-order valence-electron chi connectivity index (χ3n) is 1.54. The Kier molecular flexibility index (Phi) is 7.06. The maximum absolute atomic E-state index is 3.99. The molecule has 0 saturated heterocycles. The van der Waals surface area contributed by atoms with Gasteiger partial charge in [0.25, 0.3) is 0 Å². The van der Waals surface area contributed by atoms with Gasteiger partial charge in [-0.2, -0.15) is 0 Å². The van der Waals surface area contributed by atoms with Crippen molar-refractivity contribution in [2.24, 2.45) is 4.99 Å². The van der Waals surface area contributed by atoms with Crippen molar-refractivity contribution in [1.82, 2.24) is 0 Å². The lowest BCUT2D eigenvalue weighted by Gasteiger charge is -2.00. The Balaban J connectivity index is 5.12. The van der Waals surface area contributed by atoms with E-state index in [4.69, 9.17) is 0 Å². The molecule has 0 aromatic heterocycles. The van der Waals surface area contributed by atoms with Gasteiger partial charge in [0, 0.05) is 13.3 Å². The molecule has 0 radical (unpaired) electrons. The van der Waals surface area contributed by atoms with Gasteiger partial charge < -0.3 is 0 Å². The van der Waals surface area contributed by atoms with Gasteiger partial charge in [0.2, 0.25) is 0 Å². The molecule has 0 heterocycles. The smallest absolute Gasteiger partial charge is 0.0287 e. The summed E-state index contributed by atoms with van der Waals surface area (Å²) < 4.78 is 0. The van der Waals surface area contributed by atoms with Gasteiger partial charge >= 0.3 is 0 Å². The zero-order chi connectivity index (χ0) is 10.8. The molecule has 0 N–H and O–H groups in total. The molecule has 0 fully saturated rings. The molecule has 0 bridgehead atoms. The van der Waals surface area contributed by atoms with Gasteiger partial charge in [-0.15, -0.1) is 0 Å². The Bertz CT molecular complexity index is 269. The van der Waals surface area contributed by atoms with Crippen molar-refractivity contribution < 1.29 is 0 Å². The van der Waals surface area contributed by atoms with Crippen LogP contribution in [0.3, 0.4) is 0 Å². The van der Waals surface area contributed by atoms with Crippen LogP contribution in [-0.2, 0) is 0 Å². The molecule has 0 rings (SSSR count). The van der Waals surface area contributed by atoms with Crippen LogP contribution in [0, 0.1) is 0 Å². The molecule has 14 heavy (non-hydrogen) atoms. The van der Waals surface area contributed by atoms with Crippen LogP contribution in [0.25, 0.3) is 0 Å². The number of hydrogen-bond acceptors (Lipinski definition) is 1. The Hall–Kier alpha value is -1.63. The SMILES string of the molecule is C=C/C=C(C=NC)/C(/C=C\C)=C\C=C. The molecule has 0 aliphatic carbocycles. The summed E-state index contributed by atoms with van der Waals surface area (Å²) in [6.45, 7) is 9.33. The zero-order valence-electron chi connectivity index (χ0n) is 8.90. The van der Waals surface area contributed by atoms with Crippen LogP contribution in [0.4, 0.5) is 0 Å². The third-order valence-corrected chi connectivity index (χ3v) is 1.54. The first kappa shape index (κ1) is 12.4. The standard InChI is InChI=1S/C13H17N/c1-5-8-12(9-6-2)13(10-7-3)11-14-4/h5-11H,1,3H2,2,4H3/b9-6-,12-8-,13-10+,14-11?. The number of hydrogen-bond donors (Lipinski definition) is 0. The Labute approximate surface area is 86.6 Å².